The number of hydrogen-bond acceptors (Lipinski definition) is 3. The smallest absolute Gasteiger partial charge is 0.133 e. The molecule has 0 saturated carbocycles. The third-order valence-corrected chi connectivity index (χ3v) is 18.0. The van der Waals surface area contributed by atoms with Crippen LogP contribution in [0, 0.1) is 5.41 Å². The van der Waals surface area contributed by atoms with E-state index < -0.39 is 5.41 Å². The summed E-state index contributed by atoms with van der Waals surface area (Å²) in [5, 5.41) is 0. The molecular weight excluding hydrogens is 937 g/mol. The minimum atomic E-state index is -0.483. The highest BCUT2D eigenvalue weighted by molar-refractivity contribution is 5.86. The molecule has 0 bridgehead atoms. The first-order valence-electron chi connectivity index (χ1n) is 36.5. The van der Waals surface area contributed by atoms with Gasteiger partial charge in [-0.05, 0) is 31.1 Å². The predicted octanol–water partition coefficient (Wildman–Crippen LogP) is 26.5. The van der Waals surface area contributed by atoms with Crippen LogP contribution in [0.3, 0.4) is 0 Å². The maximum Gasteiger partial charge on any atom is 0.133 e. The lowest BCUT2D eigenvalue weighted by Gasteiger charge is -2.33. The van der Waals surface area contributed by atoms with Gasteiger partial charge in [0.1, 0.15) is 17.3 Å². The van der Waals surface area contributed by atoms with E-state index in [4.69, 9.17) is 0 Å². The van der Waals surface area contributed by atoms with E-state index in [1.54, 1.807) is 0 Å². The number of ketones is 3. The van der Waals surface area contributed by atoms with E-state index in [2.05, 4.69) is 27.7 Å². The molecule has 458 valence electrons. The lowest BCUT2D eigenvalue weighted by atomic mass is 9.69. The van der Waals surface area contributed by atoms with Crippen molar-refractivity contribution in [2.45, 2.75) is 451 Å². The molecule has 0 saturated heterocycles. The van der Waals surface area contributed by atoms with Gasteiger partial charge >= 0.3 is 0 Å². The summed E-state index contributed by atoms with van der Waals surface area (Å²) >= 11 is 0. The molecule has 0 rings (SSSR count). The molecule has 0 aliphatic heterocycles. The van der Waals surface area contributed by atoms with Crippen LogP contribution in [0.15, 0.2) is 0 Å². The summed E-state index contributed by atoms with van der Waals surface area (Å²) < 4.78 is 0. The second-order valence-corrected chi connectivity index (χ2v) is 26.1. The SMILES string of the molecule is CCCCCCCCCCCCCCCCCC(=O)CC(CCCCCCCCCCCCCCCC)(CC(=O)CCCCCCCCCCCCCCCCC)CC(=O)CCCCCCCCCCCCCCCCC. The van der Waals surface area contributed by atoms with Crippen LogP contribution in [0.1, 0.15) is 451 Å². The van der Waals surface area contributed by atoms with E-state index in [9.17, 15) is 14.4 Å². The summed E-state index contributed by atoms with van der Waals surface area (Å²) in [5.74, 6) is 0.971. The fraction of sp³-hybridized carbons (Fsp3) is 0.959. The Morgan fingerprint density at radius 3 is 0.468 bits per heavy atom. The van der Waals surface area contributed by atoms with Crippen molar-refractivity contribution in [1.82, 2.24) is 0 Å². The van der Waals surface area contributed by atoms with E-state index in [1.165, 1.54) is 327 Å². The monoisotopic (exact) mass is 1080 g/mol. The molecule has 0 heterocycles. The quantitative estimate of drug-likeness (QED) is 0.0570. The van der Waals surface area contributed by atoms with Gasteiger partial charge in [0.2, 0.25) is 0 Å². The van der Waals surface area contributed by atoms with E-state index in [0.29, 0.717) is 55.9 Å². The lowest BCUT2D eigenvalue weighted by Crippen LogP contribution is -2.31. The van der Waals surface area contributed by atoms with Crippen LogP contribution >= 0.6 is 0 Å². The second-order valence-electron chi connectivity index (χ2n) is 26.1. The van der Waals surface area contributed by atoms with E-state index in [-0.39, 0.29) is 0 Å². The van der Waals surface area contributed by atoms with Crippen LogP contribution in [-0.4, -0.2) is 17.3 Å². The molecule has 0 atom stereocenters. The van der Waals surface area contributed by atoms with E-state index in [1.807, 2.05) is 0 Å². The summed E-state index contributed by atoms with van der Waals surface area (Å²) in [5.41, 5.74) is -0.483. The molecule has 0 unspecified atom stereocenters. The topological polar surface area (TPSA) is 51.2 Å². The molecule has 0 amide bonds. The van der Waals surface area contributed by atoms with Crippen molar-refractivity contribution in [3.05, 3.63) is 0 Å². The Hall–Kier alpha value is -0.990. The maximum absolute atomic E-state index is 14.1. The molecule has 3 nitrogen and oxygen atoms in total. The van der Waals surface area contributed by atoms with Crippen molar-refractivity contribution in [3.8, 4) is 0 Å². The zero-order chi connectivity index (χ0) is 55.9. The Kier molecular flexibility index (Phi) is 63.4. The highest BCUT2D eigenvalue weighted by Gasteiger charge is 2.36. The van der Waals surface area contributed by atoms with Crippen LogP contribution < -0.4 is 0 Å². The van der Waals surface area contributed by atoms with Crippen LogP contribution in [0.4, 0.5) is 0 Å². The number of hydrogen-bond donors (Lipinski definition) is 0. The fourth-order valence-electron chi connectivity index (χ4n) is 12.7. The van der Waals surface area contributed by atoms with Crippen LogP contribution in [0.2, 0.25) is 0 Å². The van der Waals surface area contributed by atoms with Gasteiger partial charge in [0, 0.05) is 38.5 Å². The Bertz CT molecular complexity index is 1060. The van der Waals surface area contributed by atoms with Crippen LogP contribution in [-0.2, 0) is 14.4 Å². The third kappa shape index (κ3) is 59.4. The average Bonchev–Trinajstić information content (AvgIpc) is 3.42. The summed E-state index contributed by atoms with van der Waals surface area (Å²) in [7, 11) is 0. The minimum absolute atomic E-state index is 0.324. The molecule has 0 fully saturated rings. The zero-order valence-corrected chi connectivity index (χ0v) is 53.9. The summed E-state index contributed by atoms with van der Waals surface area (Å²) in [6.07, 6.45) is 82.3. The van der Waals surface area contributed by atoms with Crippen LogP contribution in [0.25, 0.3) is 0 Å². The van der Waals surface area contributed by atoms with Crippen molar-refractivity contribution in [2.24, 2.45) is 5.41 Å². The molecule has 0 aliphatic carbocycles. The predicted molar refractivity (Wildman–Crippen MR) is 345 cm³/mol. The molecule has 0 aliphatic rings. The first kappa shape index (κ1) is 76.0. The molecule has 0 aromatic carbocycles. The largest absolute Gasteiger partial charge is 0.300 e. The van der Waals surface area contributed by atoms with Gasteiger partial charge in [0.25, 0.3) is 0 Å². The Balaban J connectivity index is 5.31. The summed E-state index contributed by atoms with van der Waals surface area (Å²) in [6, 6.07) is 0. The summed E-state index contributed by atoms with van der Waals surface area (Å²) in [6.45, 7) is 9.19. The minimum Gasteiger partial charge on any atom is -0.300 e. The van der Waals surface area contributed by atoms with Gasteiger partial charge in [-0.25, -0.2) is 0 Å². The molecular formula is C74H144O3. The molecule has 0 aromatic rings. The molecule has 0 aromatic heterocycles. The second kappa shape index (κ2) is 64.2. The van der Waals surface area contributed by atoms with Crippen LogP contribution in [0.5, 0.6) is 0 Å². The van der Waals surface area contributed by atoms with Gasteiger partial charge in [-0.1, -0.05) is 387 Å². The van der Waals surface area contributed by atoms with Crippen molar-refractivity contribution >= 4 is 17.3 Å². The Labute approximate surface area is 486 Å². The number of Topliss-reactive ketones (excluding diaryl/α,β-unsaturated/α-hetero) is 3. The number of carbonyl (C=O) groups is 3. The number of carbonyl (C=O) groups excluding carboxylic acids is 3. The maximum atomic E-state index is 14.1. The fourth-order valence-corrected chi connectivity index (χ4v) is 12.7. The highest BCUT2D eigenvalue weighted by Crippen LogP contribution is 2.40. The normalized spacial score (nSPS) is 11.8. The lowest BCUT2D eigenvalue weighted by molar-refractivity contribution is -0.128. The zero-order valence-electron chi connectivity index (χ0n) is 53.9. The first-order chi connectivity index (χ1) is 37.9. The van der Waals surface area contributed by atoms with Gasteiger partial charge in [-0.3, -0.25) is 14.4 Å². The van der Waals surface area contributed by atoms with Gasteiger partial charge in [0.15, 0.2) is 0 Å². The van der Waals surface area contributed by atoms with Crippen molar-refractivity contribution in [2.75, 3.05) is 0 Å². The van der Waals surface area contributed by atoms with Gasteiger partial charge in [0.05, 0.1) is 0 Å². The molecule has 0 spiro atoms. The summed E-state index contributed by atoms with van der Waals surface area (Å²) in [4.78, 5) is 42.3. The molecule has 3 heteroatoms. The molecule has 0 N–H and O–H groups in total. The Morgan fingerprint density at radius 2 is 0.312 bits per heavy atom. The van der Waals surface area contributed by atoms with E-state index >= 15 is 0 Å². The van der Waals surface area contributed by atoms with Gasteiger partial charge < -0.3 is 0 Å². The number of unbranched alkanes of at least 4 members (excludes halogenated alkanes) is 55. The van der Waals surface area contributed by atoms with Crippen molar-refractivity contribution in [1.29, 1.82) is 0 Å². The van der Waals surface area contributed by atoms with Gasteiger partial charge in [-0.15, -0.1) is 0 Å². The van der Waals surface area contributed by atoms with Crippen molar-refractivity contribution in [3.63, 3.8) is 0 Å². The first-order valence-corrected chi connectivity index (χ1v) is 36.5. The van der Waals surface area contributed by atoms with Crippen molar-refractivity contribution < 1.29 is 14.4 Å². The third-order valence-electron chi connectivity index (χ3n) is 18.0. The molecule has 0 radical (unpaired) electrons. The Morgan fingerprint density at radius 1 is 0.182 bits per heavy atom. The standard InChI is InChI=1S/C74H144O3/c1-5-9-13-17-21-25-29-33-37-40-44-48-52-56-60-64-71(75)68-74(67-63-59-55-51-47-43-36-32-28-24-20-16-12-8-4,69-72(76)65-61-57-53-49-45-41-38-34-30-26-22-18-14-10-6-2)70-73(77)66-62-58-54-50-46-42-39-35-31-27-23-19-15-11-7-3/h5-70H2,1-4H3. The highest BCUT2D eigenvalue weighted by atomic mass is 16.1. The number of rotatable bonds is 69. The van der Waals surface area contributed by atoms with E-state index in [0.717, 1.165) is 57.8 Å². The van der Waals surface area contributed by atoms with Gasteiger partial charge in [-0.2, -0.15) is 0 Å². The molecule has 77 heavy (non-hydrogen) atoms. The average molecular weight is 1080 g/mol.